The van der Waals surface area contributed by atoms with E-state index in [1.54, 1.807) is 17.5 Å². The number of benzene rings is 1. The van der Waals surface area contributed by atoms with E-state index in [-0.39, 0.29) is 5.97 Å². The molecular weight excluding hydrogens is 404 g/mol. The van der Waals surface area contributed by atoms with Crippen molar-refractivity contribution in [3.05, 3.63) is 69.9 Å². The fourth-order valence-electron chi connectivity index (χ4n) is 3.20. The molecular formula is C21H15N4O2S2+. The second kappa shape index (κ2) is 7.31. The summed E-state index contributed by atoms with van der Waals surface area (Å²) >= 11 is 3.06. The summed E-state index contributed by atoms with van der Waals surface area (Å²) in [4.78, 5) is 17.9. The highest BCUT2D eigenvalue weighted by Gasteiger charge is 2.28. The van der Waals surface area contributed by atoms with E-state index in [0.29, 0.717) is 11.4 Å². The van der Waals surface area contributed by atoms with Gasteiger partial charge in [0.2, 0.25) is 5.71 Å². The van der Waals surface area contributed by atoms with Crippen LogP contribution in [0, 0.1) is 0 Å². The molecule has 4 heterocycles. The Morgan fingerprint density at radius 3 is 2.93 bits per heavy atom. The Hall–Kier alpha value is -3.23. The molecule has 0 atom stereocenters. The average molecular weight is 420 g/mol. The Morgan fingerprint density at radius 2 is 2.10 bits per heavy atom. The third kappa shape index (κ3) is 3.26. The summed E-state index contributed by atoms with van der Waals surface area (Å²) in [5, 5.41) is 11.9. The molecule has 0 saturated carbocycles. The summed E-state index contributed by atoms with van der Waals surface area (Å²) in [6.07, 6.45) is 1.79. The van der Waals surface area contributed by atoms with Crippen molar-refractivity contribution < 1.29 is 14.2 Å². The van der Waals surface area contributed by atoms with Crippen molar-refractivity contribution in [3.8, 4) is 11.3 Å². The van der Waals surface area contributed by atoms with Crippen molar-refractivity contribution in [2.45, 2.75) is 0 Å². The van der Waals surface area contributed by atoms with E-state index >= 15 is 0 Å². The molecule has 1 aliphatic rings. The number of ether oxygens (including phenoxy) is 1. The molecule has 3 aromatic heterocycles. The van der Waals surface area contributed by atoms with Gasteiger partial charge in [0.15, 0.2) is 12.2 Å². The van der Waals surface area contributed by atoms with E-state index in [0.717, 1.165) is 37.6 Å². The van der Waals surface area contributed by atoms with Crippen LogP contribution in [0.1, 0.15) is 14.5 Å². The standard InChI is InChI=1S/C21H15N4O2S2/c1-27-21(26)18-10-15-19(29-18)12-28-20(15)17-11-25(24-23-17)14-6-4-5-13(9-14)16-7-2-3-8-22-16/h2-10,12H,11H2,1H3/q+1. The lowest BCUT2D eigenvalue weighted by molar-refractivity contribution is -0.492. The highest BCUT2D eigenvalue weighted by atomic mass is 32.1. The lowest BCUT2D eigenvalue weighted by atomic mass is 10.1. The first-order valence-electron chi connectivity index (χ1n) is 8.89. The lowest BCUT2D eigenvalue weighted by Gasteiger charge is -2.02. The van der Waals surface area contributed by atoms with Crippen molar-refractivity contribution >= 4 is 50.1 Å². The van der Waals surface area contributed by atoms with E-state index in [1.807, 2.05) is 47.2 Å². The van der Waals surface area contributed by atoms with Crippen molar-refractivity contribution in [2.75, 3.05) is 13.7 Å². The molecule has 4 aromatic rings. The SMILES string of the molecule is COC(=O)c1cc2c(C3=NN=[N+](c4cccc(-c5ccccn5)c4)C3)scc2s1. The largest absolute Gasteiger partial charge is 0.465 e. The number of carbonyl (C=O) groups excluding carboxylic acids is 1. The average Bonchev–Trinajstić information content (AvgIpc) is 3.49. The topological polar surface area (TPSA) is 66.9 Å². The number of hydrogen-bond acceptors (Lipinski definition) is 7. The number of nitrogens with zero attached hydrogens (tertiary/aromatic N) is 4. The van der Waals surface area contributed by atoms with Crippen molar-refractivity contribution in [3.63, 3.8) is 0 Å². The second-order valence-corrected chi connectivity index (χ2v) is 8.37. The maximum atomic E-state index is 11.8. The Labute approximate surface area is 174 Å². The molecule has 1 aromatic carbocycles. The van der Waals surface area contributed by atoms with Crippen molar-refractivity contribution in [1.29, 1.82) is 0 Å². The minimum atomic E-state index is -0.312. The number of pyridine rings is 1. The van der Waals surface area contributed by atoms with E-state index in [9.17, 15) is 4.79 Å². The Morgan fingerprint density at radius 1 is 1.17 bits per heavy atom. The molecule has 0 radical (unpaired) electrons. The first-order chi connectivity index (χ1) is 14.2. The molecule has 8 heteroatoms. The number of fused-ring (bicyclic) bond motifs is 1. The summed E-state index contributed by atoms with van der Waals surface area (Å²) < 4.78 is 7.77. The highest BCUT2D eigenvalue weighted by molar-refractivity contribution is 7.25. The van der Waals surface area contributed by atoms with Gasteiger partial charge in [-0.2, -0.15) is 0 Å². The van der Waals surface area contributed by atoms with Gasteiger partial charge in [0.25, 0.3) is 0 Å². The fraction of sp³-hybridized carbons (Fsp3) is 0.0952. The molecule has 0 saturated heterocycles. The molecule has 0 aliphatic carbocycles. The first-order valence-corrected chi connectivity index (χ1v) is 10.6. The molecule has 5 rings (SSSR count). The van der Waals surface area contributed by atoms with Gasteiger partial charge in [0.05, 0.1) is 22.8 Å². The van der Waals surface area contributed by atoms with Crippen LogP contribution in [-0.2, 0) is 4.74 Å². The highest BCUT2D eigenvalue weighted by Crippen LogP contribution is 2.35. The maximum absolute atomic E-state index is 11.8. The van der Waals surface area contributed by atoms with Crippen LogP contribution < -0.4 is 0 Å². The van der Waals surface area contributed by atoms with E-state index in [2.05, 4.69) is 26.8 Å². The molecule has 0 fully saturated rings. The van der Waals surface area contributed by atoms with Crippen LogP contribution in [-0.4, -0.2) is 35.0 Å². The smallest absolute Gasteiger partial charge is 0.348 e. The van der Waals surface area contributed by atoms with Crippen molar-refractivity contribution in [2.24, 2.45) is 10.3 Å². The summed E-state index contributed by atoms with van der Waals surface area (Å²) in [6.45, 7) is 0.574. The number of hydrogen-bond donors (Lipinski definition) is 0. The summed E-state index contributed by atoms with van der Waals surface area (Å²) in [7, 11) is 1.40. The monoisotopic (exact) mass is 419 g/mol. The fourth-order valence-corrected chi connectivity index (χ4v) is 5.35. The van der Waals surface area contributed by atoms with Crippen LogP contribution in [0.4, 0.5) is 5.69 Å². The van der Waals surface area contributed by atoms with Crippen LogP contribution in [0.25, 0.3) is 21.3 Å². The van der Waals surface area contributed by atoms with Gasteiger partial charge in [-0.25, -0.2) is 4.79 Å². The number of carbonyl (C=O) groups is 1. The normalized spacial score (nSPS) is 13.4. The first kappa shape index (κ1) is 17.8. The predicted molar refractivity (Wildman–Crippen MR) is 114 cm³/mol. The Balaban J connectivity index is 1.41. The van der Waals surface area contributed by atoms with E-state index < -0.39 is 0 Å². The number of esters is 1. The number of aromatic nitrogens is 1. The number of rotatable bonds is 4. The molecule has 29 heavy (non-hydrogen) atoms. The van der Waals surface area contributed by atoms with Gasteiger partial charge in [-0.05, 0) is 30.3 Å². The van der Waals surface area contributed by atoms with Crippen LogP contribution in [0.3, 0.4) is 0 Å². The lowest BCUT2D eigenvalue weighted by Crippen LogP contribution is -2.10. The van der Waals surface area contributed by atoms with Crippen molar-refractivity contribution in [1.82, 2.24) is 4.98 Å². The van der Waals surface area contributed by atoms with Gasteiger partial charge in [-0.1, -0.05) is 18.2 Å². The molecule has 0 N–H and O–H groups in total. The number of methoxy groups -OCH3 is 1. The Kier molecular flexibility index (Phi) is 4.49. The van der Waals surface area contributed by atoms with Gasteiger partial charge in [0.1, 0.15) is 10.1 Å². The maximum Gasteiger partial charge on any atom is 0.348 e. The zero-order valence-corrected chi connectivity index (χ0v) is 17.0. The van der Waals surface area contributed by atoms with Gasteiger partial charge in [-0.15, -0.1) is 27.4 Å². The third-order valence-corrected chi connectivity index (χ3v) is 6.87. The summed E-state index contributed by atoms with van der Waals surface area (Å²) in [6, 6.07) is 15.9. The van der Waals surface area contributed by atoms with Gasteiger partial charge in [0, 0.05) is 27.2 Å². The molecule has 6 nitrogen and oxygen atoms in total. The van der Waals surface area contributed by atoms with Crippen LogP contribution in [0.2, 0.25) is 0 Å². The Bertz CT molecular complexity index is 1290. The summed E-state index contributed by atoms with van der Waals surface area (Å²) in [5.41, 5.74) is 3.80. The van der Waals surface area contributed by atoms with Gasteiger partial charge in [-0.3, -0.25) is 4.98 Å². The molecule has 142 valence electrons. The summed E-state index contributed by atoms with van der Waals surface area (Å²) in [5.74, 6) is -0.312. The molecule has 0 amide bonds. The predicted octanol–water partition coefficient (Wildman–Crippen LogP) is 5.33. The second-order valence-electron chi connectivity index (χ2n) is 6.40. The molecule has 0 bridgehead atoms. The van der Waals surface area contributed by atoms with E-state index in [4.69, 9.17) is 4.74 Å². The van der Waals surface area contributed by atoms with E-state index in [1.165, 1.54) is 18.4 Å². The van der Waals surface area contributed by atoms with Crippen LogP contribution >= 0.6 is 22.7 Å². The molecule has 0 spiro atoms. The van der Waals surface area contributed by atoms with Gasteiger partial charge >= 0.3 is 5.97 Å². The molecule has 0 unspecified atom stereocenters. The minimum absolute atomic E-state index is 0.312. The third-order valence-electron chi connectivity index (χ3n) is 4.62. The van der Waals surface area contributed by atoms with Gasteiger partial charge < -0.3 is 4.74 Å². The zero-order valence-electron chi connectivity index (χ0n) is 15.4. The number of thiophene rings is 2. The quantitative estimate of drug-likeness (QED) is 0.332. The molecule has 1 aliphatic heterocycles. The van der Waals surface area contributed by atoms with Crippen LogP contribution in [0.5, 0.6) is 0 Å². The zero-order chi connectivity index (χ0) is 19.8. The minimum Gasteiger partial charge on any atom is -0.465 e. The van der Waals surface area contributed by atoms with Crippen LogP contribution in [0.15, 0.2) is 70.4 Å².